The second kappa shape index (κ2) is 13.3. The molecule has 0 saturated carbocycles. The Balaban J connectivity index is 1.68. The Labute approximate surface area is 200 Å². The van der Waals surface area contributed by atoms with E-state index in [9.17, 15) is 19.5 Å². The van der Waals surface area contributed by atoms with Crippen molar-refractivity contribution in [3.8, 4) is 0 Å². The average molecular weight is 465 g/mol. The minimum atomic E-state index is -0.589. The molecular weight excluding hydrogens is 432 g/mol. The van der Waals surface area contributed by atoms with Gasteiger partial charge in [0.1, 0.15) is 6.61 Å². The van der Waals surface area contributed by atoms with Crippen molar-refractivity contribution in [2.75, 3.05) is 13.2 Å². The number of rotatable bonds is 7. The summed E-state index contributed by atoms with van der Waals surface area (Å²) in [5.74, 6) is -1.48. The zero-order valence-electron chi connectivity index (χ0n) is 19.2. The lowest BCUT2D eigenvalue weighted by Gasteiger charge is -2.24. The molecule has 0 fully saturated rings. The summed E-state index contributed by atoms with van der Waals surface area (Å²) in [5.41, 5.74) is 1.83. The standard InChI is InChI=1S/C27H32N2O5/c30-18-23(16-20-10-4-1-5-11-20)28-25(31)17-22-14-8-3-9-15-26(32)34-19-24(29-27(22)33)21-12-6-2-7-13-21/h1-8,10-13,22-24,30H,9,14-19H2,(H,28,31)(H,29,33)/t22-,23-,24+/m1/s1. The molecule has 0 saturated heterocycles. The molecule has 1 aliphatic rings. The van der Waals surface area contributed by atoms with Crippen molar-refractivity contribution in [3.63, 3.8) is 0 Å². The van der Waals surface area contributed by atoms with Crippen LogP contribution in [0.25, 0.3) is 0 Å². The molecule has 2 amide bonds. The van der Waals surface area contributed by atoms with Gasteiger partial charge in [-0.15, -0.1) is 0 Å². The summed E-state index contributed by atoms with van der Waals surface area (Å²) in [4.78, 5) is 37.9. The normalized spacial score (nSPS) is 20.3. The van der Waals surface area contributed by atoms with Crippen LogP contribution in [0.5, 0.6) is 0 Å². The number of carbonyl (C=O) groups excluding carboxylic acids is 3. The van der Waals surface area contributed by atoms with Gasteiger partial charge in [0.05, 0.1) is 24.6 Å². The molecular formula is C27H32N2O5. The molecule has 7 heteroatoms. The molecule has 34 heavy (non-hydrogen) atoms. The van der Waals surface area contributed by atoms with Crippen molar-refractivity contribution >= 4 is 17.8 Å². The summed E-state index contributed by atoms with van der Waals surface area (Å²) in [7, 11) is 0. The van der Waals surface area contributed by atoms with Crippen LogP contribution in [0.15, 0.2) is 72.8 Å². The van der Waals surface area contributed by atoms with Gasteiger partial charge in [0, 0.05) is 12.8 Å². The molecule has 0 bridgehead atoms. The van der Waals surface area contributed by atoms with Crippen molar-refractivity contribution in [2.45, 2.75) is 44.2 Å². The number of nitrogens with one attached hydrogen (secondary N) is 2. The average Bonchev–Trinajstić information content (AvgIpc) is 2.85. The van der Waals surface area contributed by atoms with Crippen LogP contribution in [0.1, 0.15) is 42.9 Å². The smallest absolute Gasteiger partial charge is 0.306 e. The Morgan fingerprint density at radius 3 is 2.47 bits per heavy atom. The fourth-order valence-corrected chi connectivity index (χ4v) is 3.88. The summed E-state index contributed by atoms with van der Waals surface area (Å²) in [6, 6.07) is 18.0. The number of hydrogen-bond donors (Lipinski definition) is 3. The van der Waals surface area contributed by atoms with E-state index < -0.39 is 18.0 Å². The second-order valence-corrected chi connectivity index (χ2v) is 8.44. The lowest BCUT2D eigenvalue weighted by atomic mass is 9.97. The Kier molecular flexibility index (Phi) is 9.85. The maximum Gasteiger partial charge on any atom is 0.306 e. The van der Waals surface area contributed by atoms with Crippen molar-refractivity contribution in [2.24, 2.45) is 5.92 Å². The first-order valence-electron chi connectivity index (χ1n) is 11.6. The summed E-state index contributed by atoms with van der Waals surface area (Å²) >= 11 is 0. The highest BCUT2D eigenvalue weighted by atomic mass is 16.5. The van der Waals surface area contributed by atoms with E-state index in [4.69, 9.17) is 4.74 Å². The Morgan fingerprint density at radius 2 is 1.76 bits per heavy atom. The van der Waals surface area contributed by atoms with E-state index in [0.717, 1.165) is 11.1 Å². The third kappa shape index (κ3) is 8.15. The summed E-state index contributed by atoms with van der Waals surface area (Å²) in [6.07, 6.45) is 5.30. The highest BCUT2D eigenvalue weighted by Gasteiger charge is 2.26. The highest BCUT2D eigenvalue weighted by molar-refractivity contribution is 5.86. The van der Waals surface area contributed by atoms with Crippen molar-refractivity contribution in [1.29, 1.82) is 0 Å². The predicted molar refractivity (Wildman–Crippen MR) is 129 cm³/mol. The quantitative estimate of drug-likeness (QED) is 0.432. The lowest BCUT2D eigenvalue weighted by molar-refractivity contribution is -0.145. The van der Waals surface area contributed by atoms with Crippen molar-refractivity contribution in [3.05, 3.63) is 83.9 Å². The SMILES string of the molecule is O=C(C[C@H]1CC=CCCC(=O)OC[C@@H](c2ccccc2)NC1=O)N[C@@H](CO)Cc1ccccc1. The molecule has 1 heterocycles. The van der Waals surface area contributed by atoms with Crippen LogP contribution in [0.3, 0.4) is 0 Å². The number of ether oxygens (including phenoxy) is 1. The van der Waals surface area contributed by atoms with Gasteiger partial charge in [0.25, 0.3) is 0 Å². The lowest BCUT2D eigenvalue weighted by Crippen LogP contribution is -2.42. The molecule has 2 aromatic carbocycles. The monoisotopic (exact) mass is 464 g/mol. The Hall–Kier alpha value is -3.45. The fourth-order valence-electron chi connectivity index (χ4n) is 3.88. The van der Waals surface area contributed by atoms with E-state index in [2.05, 4.69) is 10.6 Å². The van der Waals surface area contributed by atoms with Crippen LogP contribution in [0.4, 0.5) is 0 Å². The van der Waals surface area contributed by atoms with Crippen molar-refractivity contribution in [1.82, 2.24) is 10.6 Å². The zero-order chi connectivity index (χ0) is 24.2. The van der Waals surface area contributed by atoms with Crippen LogP contribution in [0.2, 0.25) is 0 Å². The van der Waals surface area contributed by atoms with Gasteiger partial charge in [0.15, 0.2) is 0 Å². The van der Waals surface area contributed by atoms with E-state index >= 15 is 0 Å². The van der Waals surface area contributed by atoms with Crippen LogP contribution in [0, 0.1) is 5.92 Å². The Bertz CT molecular complexity index is 962. The number of amides is 2. The maximum atomic E-state index is 13.2. The number of benzene rings is 2. The molecule has 0 radical (unpaired) electrons. The molecule has 3 N–H and O–H groups in total. The van der Waals surface area contributed by atoms with Gasteiger partial charge >= 0.3 is 5.97 Å². The highest BCUT2D eigenvalue weighted by Crippen LogP contribution is 2.18. The molecule has 180 valence electrons. The number of carbonyl (C=O) groups is 3. The largest absolute Gasteiger partial charge is 0.463 e. The van der Waals surface area contributed by atoms with E-state index in [1.54, 1.807) is 0 Å². The summed E-state index contributed by atoms with van der Waals surface area (Å²) in [5, 5.41) is 15.5. The van der Waals surface area contributed by atoms with Gasteiger partial charge in [-0.25, -0.2) is 0 Å². The number of aliphatic hydroxyl groups is 1. The van der Waals surface area contributed by atoms with Gasteiger partial charge in [-0.1, -0.05) is 72.8 Å². The first-order valence-corrected chi connectivity index (χ1v) is 11.6. The fraction of sp³-hybridized carbons (Fsp3) is 0.370. The molecule has 0 aromatic heterocycles. The molecule has 0 spiro atoms. The predicted octanol–water partition coefficient (Wildman–Crippen LogP) is 2.85. The van der Waals surface area contributed by atoms with Crippen molar-refractivity contribution < 1.29 is 24.2 Å². The van der Waals surface area contributed by atoms with E-state index in [1.807, 2.05) is 72.8 Å². The minimum absolute atomic E-state index is 0.0112. The molecule has 3 rings (SSSR count). The van der Waals surface area contributed by atoms with Crippen LogP contribution in [-0.2, 0) is 25.5 Å². The molecule has 2 aromatic rings. The third-order valence-corrected chi connectivity index (χ3v) is 5.74. The van der Waals surface area contributed by atoms with Gasteiger partial charge < -0.3 is 20.5 Å². The van der Waals surface area contributed by atoms with Gasteiger partial charge in [0.2, 0.25) is 11.8 Å². The first kappa shape index (κ1) is 25.2. The summed E-state index contributed by atoms with van der Waals surface area (Å²) in [6.45, 7) is -0.167. The minimum Gasteiger partial charge on any atom is -0.463 e. The first-order chi connectivity index (χ1) is 16.5. The second-order valence-electron chi connectivity index (χ2n) is 8.44. The third-order valence-electron chi connectivity index (χ3n) is 5.74. The van der Waals surface area contributed by atoms with Gasteiger partial charge in [-0.3, -0.25) is 14.4 Å². The number of aliphatic hydroxyl groups excluding tert-OH is 1. The van der Waals surface area contributed by atoms with Crippen LogP contribution in [-0.4, -0.2) is 42.1 Å². The van der Waals surface area contributed by atoms with E-state index in [-0.39, 0.29) is 43.8 Å². The van der Waals surface area contributed by atoms with E-state index in [0.29, 0.717) is 19.3 Å². The number of cyclic esters (lactones) is 1. The zero-order valence-corrected chi connectivity index (χ0v) is 19.2. The van der Waals surface area contributed by atoms with Gasteiger partial charge in [-0.2, -0.15) is 0 Å². The van der Waals surface area contributed by atoms with Crippen LogP contribution >= 0.6 is 0 Å². The van der Waals surface area contributed by atoms with E-state index in [1.165, 1.54) is 0 Å². The molecule has 1 aliphatic heterocycles. The number of esters is 1. The number of allylic oxidation sites excluding steroid dienone is 2. The molecule has 0 unspecified atom stereocenters. The molecule has 7 nitrogen and oxygen atoms in total. The Morgan fingerprint density at radius 1 is 1.06 bits per heavy atom. The topological polar surface area (TPSA) is 105 Å². The van der Waals surface area contributed by atoms with Crippen LogP contribution < -0.4 is 10.6 Å². The molecule has 0 aliphatic carbocycles. The van der Waals surface area contributed by atoms with Gasteiger partial charge in [-0.05, 0) is 30.4 Å². The molecule has 3 atom stereocenters. The summed E-state index contributed by atoms with van der Waals surface area (Å²) < 4.78 is 5.38. The number of hydrogen-bond acceptors (Lipinski definition) is 5. The maximum absolute atomic E-state index is 13.2.